The molecule has 3 unspecified atom stereocenters. The minimum Gasteiger partial charge on any atom is -0.443 e. The van der Waals surface area contributed by atoms with Crippen LogP contribution in [0.5, 0.6) is 0 Å². The van der Waals surface area contributed by atoms with Crippen LogP contribution in [-0.2, 0) is 28.7 Å². The lowest BCUT2D eigenvalue weighted by molar-refractivity contribution is -0.124. The number of methoxy groups -OCH3 is 1. The number of oxazole rings is 3. The van der Waals surface area contributed by atoms with Gasteiger partial charge >= 0.3 is 0 Å². The predicted octanol–water partition coefficient (Wildman–Crippen LogP) is 0.737. The van der Waals surface area contributed by atoms with Crippen molar-refractivity contribution in [2.75, 3.05) is 13.7 Å². The molecule has 1 aliphatic rings. The van der Waals surface area contributed by atoms with E-state index in [1.165, 1.54) is 63.8 Å². The largest absolute Gasteiger partial charge is 0.443 e. The number of thiazole rings is 2. The highest BCUT2D eigenvalue weighted by molar-refractivity contribution is 7.13. The van der Waals surface area contributed by atoms with Crippen molar-refractivity contribution in [3.63, 3.8) is 0 Å². The third-order valence-electron chi connectivity index (χ3n) is 11.6. The summed E-state index contributed by atoms with van der Waals surface area (Å²) in [5.74, 6) is -11.0. The van der Waals surface area contributed by atoms with E-state index in [2.05, 4.69) is 105 Å². The Morgan fingerprint density at radius 1 is 0.713 bits per heavy atom. The molecular formula is C53H50N16O16S2. The molecular weight excluding hydrogens is 1180 g/mol. The highest BCUT2D eigenvalue weighted by Crippen LogP contribution is 2.34. The van der Waals surface area contributed by atoms with Crippen molar-refractivity contribution in [1.82, 2.24) is 77.8 Å². The zero-order chi connectivity index (χ0) is 63.7. The SMILES string of the molecule is C=C(NC(=O)C(=C)NC(=O)C(=C)NC(=O)c1ccc2c(n1)-c1coc(n1)C(=C)NC(=O)C(=C)NC(=O)c1nc(oc1C)C(=CC)NC(=O)c1csc(n1)C(OC)NC(=O)c1nc(oc1C)C(=CCO)NC(=O)C(C(C)O)NC(=O)c1csc-2n1)C(N)=O. The Morgan fingerprint density at radius 3 is 1.95 bits per heavy atom. The average molecular weight is 1230 g/mol. The molecule has 7 heterocycles. The van der Waals surface area contributed by atoms with Crippen LogP contribution in [0.3, 0.4) is 0 Å². The molecule has 0 fully saturated rings. The summed E-state index contributed by atoms with van der Waals surface area (Å²) >= 11 is 1.80. The predicted molar refractivity (Wildman–Crippen MR) is 304 cm³/mol. The highest BCUT2D eigenvalue weighted by Gasteiger charge is 2.32. The Bertz CT molecular complexity index is 3990. The van der Waals surface area contributed by atoms with Crippen molar-refractivity contribution in [1.29, 1.82) is 0 Å². The first-order valence-corrected chi connectivity index (χ1v) is 26.5. The fourth-order valence-electron chi connectivity index (χ4n) is 7.21. The van der Waals surface area contributed by atoms with Crippen LogP contribution in [0.2, 0.25) is 0 Å². The van der Waals surface area contributed by atoms with Gasteiger partial charge in [-0.25, -0.2) is 29.9 Å². The van der Waals surface area contributed by atoms with Gasteiger partial charge in [-0.1, -0.05) is 39.0 Å². The van der Waals surface area contributed by atoms with E-state index >= 15 is 0 Å². The van der Waals surface area contributed by atoms with Crippen LogP contribution in [0.15, 0.2) is 110 Å². The summed E-state index contributed by atoms with van der Waals surface area (Å²) < 4.78 is 22.6. The van der Waals surface area contributed by atoms with E-state index in [1.807, 2.05) is 5.32 Å². The summed E-state index contributed by atoms with van der Waals surface area (Å²) in [4.78, 5) is 158. The van der Waals surface area contributed by atoms with Gasteiger partial charge in [0, 0.05) is 23.4 Å². The molecule has 32 nitrogen and oxygen atoms in total. The number of aliphatic hydroxyl groups is 2. The third kappa shape index (κ3) is 14.8. The number of aliphatic hydroxyl groups excluding tert-OH is 2. The Kier molecular flexibility index (Phi) is 19.7. The number of aromatic nitrogens is 6. The van der Waals surface area contributed by atoms with Gasteiger partial charge in [0.1, 0.15) is 73.7 Å². The van der Waals surface area contributed by atoms with Crippen LogP contribution in [0.1, 0.15) is 107 Å². The maximum atomic E-state index is 13.9. The van der Waals surface area contributed by atoms with Crippen LogP contribution in [0.25, 0.3) is 39.1 Å². The summed E-state index contributed by atoms with van der Waals surface area (Å²) in [5, 5.41) is 44.6. The van der Waals surface area contributed by atoms with Gasteiger partial charge in [-0.15, -0.1) is 22.7 Å². The van der Waals surface area contributed by atoms with Crippen molar-refractivity contribution in [3.8, 4) is 22.0 Å². The Balaban J connectivity index is 1.22. The average Bonchev–Trinajstić information content (AvgIpc) is 2.86. The van der Waals surface area contributed by atoms with Crippen molar-refractivity contribution >= 4 is 98.8 Å². The van der Waals surface area contributed by atoms with E-state index in [4.69, 9.17) is 23.7 Å². The lowest BCUT2D eigenvalue weighted by atomic mass is 10.1. The van der Waals surface area contributed by atoms with Gasteiger partial charge in [0.05, 0.1) is 41.2 Å². The number of carbonyl (C=O) groups excluding carboxylic acids is 10. The Morgan fingerprint density at radius 2 is 1.32 bits per heavy atom. The zero-order valence-electron chi connectivity index (χ0n) is 46.2. The molecule has 450 valence electrons. The first-order chi connectivity index (χ1) is 41.2. The van der Waals surface area contributed by atoms with Gasteiger partial charge in [0.15, 0.2) is 17.6 Å². The second-order valence-electron chi connectivity index (χ2n) is 17.8. The second-order valence-corrected chi connectivity index (χ2v) is 19.6. The number of hydrogen-bond donors (Lipinski definition) is 12. The number of nitrogens with two attached hydrogens (primary N) is 1. The van der Waals surface area contributed by atoms with Crippen LogP contribution in [0, 0.1) is 13.8 Å². The monoisotopic (exact) mass is 1230 g/mol. The summed E-state index contributed by atoms with van der Waals surface area (Å²) in [6.45, 7) is 22.4. The van der Waals surface area contributed by atoms with Crippen LogP contribution in [-0.4, -0.2) is 125 Å². The number of carbonyl (C=O) groups is 10. The molecule has 10 bridgehead atoms. The number of aryl methyl sites for hydroxylation is 2. The molecule has 7 rings (SSSR count). The molecule has 3 atom stereocenters. The van der Waals surface area contributed by atoms with Gasteiger partial charge in [0.25, 0.3) is 53.2 Å². The van der Waals surface area contributed by atoms with Gasteiger partial charge in [-0.2, -0.15) is 0 Å². The maximum absolute atomic E-state index is 13.9. The van der Waals surface area contributed by atoms with Crippen molar-refractivity contribution in [2.24, 2.45) is 5.73 Å². The highest BCUT2D eigenvalue weighted by atomic mass is 32.1. The summed E-state index contributed by atoms with van der Waals surface area (Å²) in [7, 11) is 1.25. The quantitative estimate of drug-likeness (QED) is 0.0841. The van der Waals surface area contributed by atoms with Crippen molar-refractivity contribution in [3.05, 3.63) is 160 Å². The second kappa shape index (κ2) is 27.0. The molecule has 13 N–H and O–H groups in total. The molecule has 0 aromatic carbocycles. The van der Waals surface area contributed by atoms with Crippen LogP contribution >= 0.6 is 22.7 Å². The minimum absolute atomic E-state index is 0.00272. The summed E-state index contributed by atoms with van der Waals surface area (Å²) in [5.41, 5.74) is 0.519. The fraction of sp³-hybridized carbons (Fsp3) is 0.170. The lowest BCUT2D eigenvalue weighted by Gasteiger charge is -2.20. The number of fused-ring (bicyclic) bond motifs is 13. The Labute approximate surface area is 498 Å². The van der Waals surface area contributed by atoms with Gasteiger partial charge in [0.2, 0.25) is 23.6 Å². The molecule has 34 heteroatoms. The molecule has 6 aromatic heterocycles. The maximum Gasteiger partial charge on any atom is 0.278 e. The van der Waals surface area contributed by atoms with Crippen LogP contribution < -0.4 is 53.6 Å². The number of pyridine rings is 1. The Hall–Kier alpha value is -11.2. The van der Waals surface area contributed by atoms with E-state index in [9.17, 15) is 58.2 Å². The van der Waals surface area contributed by atoms with Gasteiger partial charge in [-0.05, 0) is 45.9 Å². The molecule has 10 amide bonds. The third-order valence-corrected chi connectivity index (χ3v) is 13.4. The van der Waals surface area contributed by atoms with Crippen LogP contribution in [0.4, 0.5) is 0 Å². The molecule has 0 saturated heterocycles. The number of rotatable bonds is 10. The number of primary amides is 1. The van der Waals surface area contributed by atoms with E-state index in [0.717, 1.165) is 35.0 Å². The number of ether oxygens (including phenoxy) is 1. The van der Waals surface area contributed by atoms with Gasteiger partial charge in [-0.3, -0.25) is 47.9 Å². The molecule has 0 spiro atoms. The van der Waals surface area contributed by atoms with E-state index in [0.29, 0.717) is 0 Å². The first kappa shape index (κ1) is 63.4. The molecule has 6 aromatic rings. The fourth-order valence-corrected chi connectivity index (χ4v) is 8.86. The number of hydrogen-bond acceptors (Lipinski definition) is 24. The standard InChI is InChI=1S/C53H50N16O16S2/c1-11-28-49-67-35(25(8)84-49)46(80)58-22(5)41(75)59-23(6)48-63-31(16-83-48)37-27(12-13-29(60-37)42(76)57-21(4)40(74)56-20(3)39(73)55-19(2)38(54)72)52-64-33(17-86-52)44(78)66-34(24(7)71)45(79)62-30(14-15-70)50-68-36(26(9)85-50)47(81)69-51(82-10)53-65-32(18-87-53)43(77)61-28/h11-14,16-18,24,34,51,70-71H,2-6,15H2,1,7-10H3,(H2,54,72)(H,55,73)(H,56,74)(H,57,76)(H,58,80)(H,59,75)(H,61,77)(H,62,79)(H,66,78)(H,69,81). The van der Waals surface area contributed by atoms with Crippen molar-refractivity contribution < 1.29 is 76.1 Å². The molecule has 0 saturated carbocycles. The molecule has 1 aliphatic heterocycles. The zero-order valence-corrected chi connectivity index (χ0v) is 47.8. The molecule has 87 heavy (non-hydrogen) atoms. The van der Waals surface area contributed by atoms with Crippen molar-refractivity contribution in [2.45, 2.75) is 46.1 Å². The van der Waals surface area contributed by atoms with E-state index in [1.54, 1.807) is 0 Å². The number of allylic oxidation sites excluding steroid dienone is 1. The topological polar surface area (TPSA) is 471 Å². The first-order valence-electron chi connectivity index (χ1n) is 24.8. The lowest BCUT2D eigenvalue weighted by Crippen LogP contribution is -2.52. The normalized spacial score (nSPS) is 16.7. The molecule has 0 aliphatic carbocycles. The summed E-state index contributed by atoms with van der Waals surface area (Å²) in [6.07, 6.45) is 0.673. The minimum atomic E-state index is -1.73. The smallest absolute Gasteiger partial charge is 0.278 e. The molecule has 0 radical (unpaired) electrons. The summed E-state index contributed by atoms with van der Waals surface area (Å²) in [6, 6.07) is 0.779. The van der Waals surface area contributed by atoms with E-state index < -0.39 is 113 Å². The van der Waals surface area contributed by atoms with Gasteiger partial charge < -0.3 is 81.8 Å². The number of amides is 10. The van der Waals surface area contributed by atoms with E-state index in [-0.39, 0.29) is 96.0 Å². The number of nitrogens with zero attached hydrogens (tertiary/aromatic N) is 6. The number of nitrogens with one attached hydrogen (secondary N) is 9.